The summed E-state index contributed by atoms with van der Waals surface area (Å²) in [5, 5.41) is 0. The van der Waals surface area contributed by atoms with Gasteiger partial charge in [0.1, 0.15) is 5.57 Å². The lowest BCUT2D eigenvalue weighted by molar-refractivity contribution is -0.244. The molecule has 1 aromatic heterocycles. The zero-order chi connectivity index (χ0) is 26.1. The molecule has 1 saturated carbocycles. The number of hydrogen-bond acceptors (Lipinski definition) is 4. The van der Waals surface area contributed by atoms with Crippen LogP contribution in [0.5, 0.6) is 0 Å². The molecule has 190 valence electrons. The van der Waals surface area contributed by atoms with Gasteiger partial charge in [0.2, 0.25) is 0 Å². The van der Waals surface area contributed by atoms with Gasteiger partial charge in [0.05, 0.1) is 11.4 Å². The van der Waals surface area contributed by atoms with Gasteiger partial charge in [-0.05, 0) is 60.4 Å². The molecule has 3 aromatic carbocycles. The third-order valence-electron chi connectivity index (χ3n) is 7.14. The van der Waals surface area contributed by atoms with Gasteiger partial charge in [-0.2, -0.15) is 0 Å². The summed E-state index contributed by atoms with van der Waals surface area (Å²) in [7, 11) is 0. The molecule has 1 saturated heterocycles. The van der Waals surface area contributed by atoms with E-state index < -0.39 is 17.7 Å². The number of aromatic nitrogens is 1. The highest BCUT2D eigenvalue weighted by molar-refractivity contribution is 9.10. The van der Waals surface area contributed by atoms with E-state index in [1.165, 1.54) is 0 Å². The van der Waals surface area contributed by atoms with Crippen LogP contribution in [0.25, 0.3) is 34.3 Å². The Morgan fingerprint density at radius 1 is 0.737 bits per heavy atom. The number of benzene rings is 3. The van der Waals surface area contributed by atoms with Gasteiger partial charge < -0.3 is 14.0 Å². The minimum Gasteiger partial charge on any atom is -0.419 e. The predicted octanol–water partition coefficient (Wildman–Crippen LogP) is 7.72. The Balaban J connectivity index is 1.55. The van der Waals surface area contributed by atoms with Gasteiger partial charge in [0.15, 0.2) is 0 Å². The fraction of sp³-hybridized carbons (Fsp3) is 0.188. The summed E-state index contributed by atoms with van der Waals surface area (Å²) in [4.78, 5) is 26.4. The van der Waals surface area contributed by atoms with Crippen molar-refractivity contribution in [1.82, 2.24) is 4.57 Å². The standard InChI is InChI=1S/C32H26BrNO4/c33-25-14-16-26(17-15-25)34-28(22-10-4-1-5-11-22)21-24(29(34)23-12-6-2-7-13-23)20-27-30(35)37-32(38-31(27)36)18-8-3-9-19-32/h1-2,4-7,10-17,20-21H,3,8-9,18-19H2. The lowest BCUT2D eigenvalue weighted by atomic mass is 9.93. The molecule has 0 unspecified atom stereocenters. The molecule has 0 atom stereocenters. The second kappa shape index (κ2) is 10.1. The van der Waals surface area contributed by atoms with E-state index in [0.29, 0.717) is 12.8 Å². The topological polar surface area (TPSA) is 57.5 Å². The summed E-state index contributed by atoms with van der Waals surface area (Å²) < 4.78 is 14.7. The zero-order valence-corrected chi connectivity index (χ0v) is 22.3. The maximum absolute atomic E-state index is 13.2. The Hall–Kier alpha value is -3.90. The van der Waals surface area contributed by atoms with Gasteiger partial charge in [0.25, 0.3) is 5.79 Å². The lowest BCUT2D eigenvalue weighted by Gasteiger charge is -2.38. The molecule has 2 aliphatic rings. The van der Waals surface area contributed by atoms with Gasteiger partial charge in [-0.15, -0.1) is 0 Å². The minimum absolute atomic E-state index is 0.0917. The molecule has 0 bridgehead atoms. The summed E-state index contributed by atoms with van der Waals surface area (Å²) in [5.74, 6) is -2.37. The van der Waals surface area contributed by atoms with Crippen LogP contribution in [0.15, 0.2) is 101 Å². The summed E-state index contributed by atoms with van der Waals surface area (Å²) in [6.45, 7) is 0. The van der Waals surface area contributed by atoms with E-state index >= 15 is 0 Å². The molecular weight excluding hydrogens is 542 g/mol. The van der Waals surface area contributed by atoms with Crippen molar-refractivity contribution in [2.24, 2.45) is 0 Å². The fourth-order valence-corrected chi connectivity index (χ4v) is 5.60. The van der Waals surface area contributed by atoms with Crippen LogP contribution in [0.2, 0.25) is 0 Å². The third-order valence-corrected chi connectivity index (χ3v) is 7.67. The van der Waals surface area contributed by atoms with Crippen LogP contribution in [-0.2, 0) is 19.1 Å². The molecule has 0 amide bonds. The first-order chi connectivity index (χ1) is 18.5. The van der Waals surface area contributed by atoms with E-state index in [2.05, 4.69) is 20.5 Å². The highest BCUT2D eigenvalue weighted by Gasteiger charge is 2.46. The van der Waals surface area contributed by atoms with Gasteiger partial charge in [-0.1, -0.05) is 83.0 Å². The van der Waals surface area contributed by atoms with E-state index in [-0.39, 0.29) is 5.57 Å². The zero-order valence-electron chi connectivity index (χ0n) is 20.7. The molecule has 0 radical (unpaired) electrons. The number of hydrogen-bond donors (Lipinski definition) is 0. The van der Waals surface area contributed by atoms with Crippen molar-refractivity contribution >= 4 is 33.9 Å². The van der Waals surface area contributed by atoms with Crippen molar-refractivity contribution in [3.63, 3.8) is 0 Å². The quantitative estimate of drug-likeness (QED) is 0.144. The number of rotatable bonds is 4. The number of nitrogens with zero attached hydrogens (tertiary/aromatic N) is 1. The molecule has 2 fully saturated rings. The van der Waals surface area contributed by atoms with Crippen molar-refractivity contribution in [3.05, 3.63) is 107 Å². The van der Waals surface area contributed by atoms with Crippen molar-refractivity contribution in [3.8, 4) is 28.2 Å². The van der Waals surface area contributed by atoms with Crippen LogP contribution in [0.4, 0.5) is 0 Å². The maximum atomic E-state index is 13.2. The first-order valence-corrected chi connectivity index (χ1v) is 13.6. The van der Waals surface area contributed by atoms with Crippen LogP contribution in [0.1, 0.15) is 37.7 Å². The molecule has 38 heavy (non-hydrogen) atoms. The number of carbonyl (C=O) groups is 2. The van der Waals surface area contributed by atoms with Crippen LogP contribution in [0.3, 0.4) is 0 Å². The van der Waals surface area contributed by atoms with Gasteiger partial charge in [-0.3, -0.25) is 0 Å². The Morgan fingerprint density at radius 2 is 1.32 bits per heavy atom. The third kappa shape index (κ3) is 4.61. The van der Waals surface area contributed by atoms with E-state index in [1.807, 2.05) is 91.0 Å². The number of ether oxygens (including phenoxy) is 2. The highest BCUT2D eigenvalue weighted by atomic mass is 79.9. The SMILES string of the molecule is O=C1OC2(CCCCC2)OC(=O)C1=Cc1cc(-c2ccccc2)n(-c2ccc(Br)cc2)c1-c1ccccc1. The number of esters is 2. The number of carbonyl (C=O) groups excluding carboxylic acids is 2. The maximum Gasteiger partial charge on any atom is 0.348 e. The van der Waals surface area contributed by atoms with Gasteiger partial charge in [0, 0.05) is 28.6 Å². The van der Waals surface area contributed by atoms with E-state index in [9.17, 15) is 9.59 Å². The van der Waals surface area contributed by atoms with Crippen molar-refractivity contribution in [2.45, 2.75) is 37.9 Å². The molecule has 2 heterocycles. The minimum atomic E-state index is -1.12. The van der Waals surface area contributed by atoms with E-state index in [1.54, 1.807) is 6.08 Å². The van der Waals surface area contributed by atoms with Crippen LogP contribution < -0.4 is 0 Å². The van der Waals surface area contributed by atoms with Crippen molar-refractivity contribution in [1.29, 1.82) is 0 Å². The van der Waals surface area contributed by atoms with Crippen LogP contribution >= 0.6 is 15.9 Å². The molecule has 0 N–H and O–H groups in total. The molecular formula is C32H26BrNO4. The summed E-state index contributed by atoms with van der Waals surface area (Å²) >= 11 is 3.54. The number of halogens is 1. The Morgan fingerprint density at radius 3 is 1.92 bits per heavy atom. The summed E-state index contributed by atoms with van der Waals surface area (Å²) in [6.07, 6.45) is 5.50. The van der Waals surface area contributed by atoms with E-state index in [0.717, 1.165) is 57.5 Å². The van der Waals surface area contributed by atoms with Crippen molar-refractivity contribution in [2.75, 3.05) is 0 Å². The fourth-order valence-electron chi connectivity index (χ4n) is 5.33. The molecule has 5 nitrogen and oxygen atoms in total. The molecule has 4 aromatic rings. The lowest BCUT2D eigenvalue weighted by Crippen LogP contribution is -2.47. The monoisotopic (exact) mass is 567 g/mol. The molecule has 6 heteroatoms. The second-order valence-electron chi connectivity index (χ2n) is 9.69. The Labute approximate surface area is 229 Å². The first kappa shape index (κ1) is 24.4. The Bertz CT molecular complexity index is 1490. The van der Waals surface area contributed by atoms with E-state index in [4.69, 9.17) is 9.47 Å². The molecule has 1 aliphatic heterocycles. The first-order valence-electron chi connectivity index (χ1n) is 12.8. The average molecular weight is 568 g/mol. The predicted molar refractivity (Wildman–Crippen MR) is 150 cm³/mol. The molecule has 1 aliphatic carbocycles. The van der Waals surface area contributed by atoms with Gasteiger partial charge >= 0.3 is 11.9 Å². The largest absolute Gasteiger partial charge is 0.419 e. The van der Waals surface area contributed by atoms with Gasteiger partial charge in [-0.25, -0.2) is 9.59 Å². The van der Waals surface area contributed by atoms with Crippen LogP contribution in [-0.4, -0.2) is 22.3 Å². The second-order valence-corrected chi connectivity index (χ2v) is 10.6. The average Bonchev–Trinajstić information content (AvgIpc) is 3.32. The molecule has 6 rings (SSSR count). The smallest absolute Gasteiger partial charge is 0.348 e. The summed E-state index contributed by atoms with van der Waals surface area (Å²) in [5.41, 5.74) is 5.33. The van der Waals surface area contributed by atoms with Crippen LogP contribution in [0, 0.1) is 0 Å². The normalized spacial score (nSPS) is 16.7. The highest BCUT2D eigenvalue weighted by Crippen LogP contribution is 2.40. The Kier molecular flexibility index (Phi) is 6.50. The molecule has 1 spiro atoms. The summed E-state index contributed by atoms with van der Waals surface area (Å²) in [6, 6.07) is 30.1. The van der Waals surface area contributed by atoms with Crippen molar-refractivity contribution < 1.29 is 19.1 Å².